The van der Waals surface area contributed by atoms with Crippen LogP contribution in [-0.2, 0) is 28.6 Å². The quantitative estimate of drug-likeness (QED) is 0.0327. The number of aliphatic hydroxyl groups excluding tert-OH is 1. The zero-order chi connectivity index (χ0) is 40.3. The number of unbranched alkanes of at least 4 members (excludes halogenated alkanes) is 4. The van der Waals surface area contributed by atoms with Crippen LogP contribution >= 0.6 is 0 Å². The van der Waals surface area contributed by atoms with Crippen molar-refractivity contribution in [2.24, 2.45) is 5.41 Å². The van der Waals surface area contributed by atoms with E-state index in [-0.39, 0.29) is 24.0 Å². The van der Waals surface area contributed by atoms with Gasteiger partial charge in [-0.05, 0) is 33.1 Å². The molecule has 51 heavy (non-hydrogen) atoms. The van der Waals surface area contributed by atoms with Crippen molar-refractivity contribution in [2.75, 3.05) is 26.4 Å². The maximum atomic E-state index is 14.8. The van der Waals surface area contributed by atoms with E-state index in [0.717, 1.165) is 13.8 Å². The number of halogens is 12. The molecule has 1 N–H and O–H groups in total. The molecule has 0 aromatic heterocycles. The summed E-state index contributed by atoms with van der Waals surface area (Å²) in [5, 5.41) is 9.08. The zero-order valence-electron chi connectivity index (χ0n) is 28.2. The number of ether oxygens (including phenoxy) is 3. The topological polar surface area (TPSA) is 99.1 Å². The highest BCUT2D eigenvalue weighted by Crippen LogP contribution is 2.61. The van der Waals surface area contributed by atoms with Gasteiger partial charge >= 0.3 is 53.4 Å². The van der Waals surface area contributed by atoms with Crippen molar-refractivity contribution >= 4 is 17.9 Å². The van der Waals surface area contributed by atoms with Gasteiger partial charge < -0.3 is 19.3 Å². The van der Waals surface area contributed by atoms with Crippen LogP contribution in [0.3, 0.4) is 0 Å². The summed E-state index contributed by atoms with van der Waals surface area (Å²) in [5.74, 6) is -46.1. The molecule has 0 amide bonds. The molecule has 0 aliphatic carbocycles. The molecule has 7 nitrogen and oxygen atoms in total. The van der Waals surface area contributed by atoms with Crippen LogP contribution in [0.4, 0.5) is 52.7 Å². The van der Waals surface area contributed by atoms with Crippen molar-refractivity contribution in [1.29, 1.82) is 0 Å². The van der Waals surface area contributed by atoms with E-state index in [0.29, 0.717) is 12.8 Å². The van der Waals surface area contributed by atoms with Gasteiger partial charge in [-0.15, -0.1) is 0 Å². The molecule has 0 saturated carbocycles. The third-order valence-electron chi connectivity index (χ3n) is 7.60. The number of aliphatic hydroxyl groups is 1. The van der Waals surface area contributed by atoms with Gasteiger partial charge in [-0.25, -0.2) is 14.4 Å². The molecule has 19 heteroatoms. The van der Waals surface area contributed by atoms with E-state index in [1.54, 1.807) is 6.92 Å². The Morgan fingerprint density at radius 3 is 1.24 bits per heavy atom. The van der Waals surface area contributed by atoms with Gasteiger partial charge in [-0.3, -0.25) is 0 Å². The predicted octanol–water partition coefficient (Wildman–Crippen LogP) is 8.65. The van der Waals surface area contributed by atoms with E-state index in [1.165, 1.54) is 0 Å². The largest absolute Gasteiger partial charge is 0.461 e. The fourth-order valence-electron chi connectivity index (χ4n) is 4.21. The average Bonchev–Trinajstić information content (AvgIpc) is 3.03. The molecular formula is C32H42F12O7. The standard InChI is InChI=1S/C32H42F12O7/c1-7-8-9-10-11-14-27(33,34)29(37,38)31(41,42)32(43,44)30(39,40)28(35,36)15-12-13-26(17-49-23(46)20(2)3,18-50-24(47)21(4)5)19-51-25(48)22(6)16-45/h45H,2,4,6-19H2,1,3,5H3. The zero-order valence-corrected chi connectivity index (χ0v) is 28.2. The van der Waals surface area contributed by atoms with Crippen LogP contribution in [0, 0.1) is 5.41 Å². The highest BCUT2D eigenvalue weighted by Gasteiger charge is 2.89. The van der Waals surface area contributed by atoms with E-state index in [2.05, 4.69) is 19.7 Å². The lowest BCUT2D eigenvalue weighted by molar-refractivity contribution is -0.425. The maximum absolute atomic E-state index is 14.8. The van der Waals surface area contributed by atoms with Gasteiger partial charge in [0, 0.05) is 24.0 Å². The molecule has 0 fully saturated rings. The highest BCUT2D eigenvalue weighted by molar-refractivity contribution is 5.88. The van der Waals surface area contributed by atoms with Crippen LogP contribution in [0.5, 0.6) is 0 Å². The Labute approximate surface area is 287 Å². The van der Waals surface area contributed by atoms with Crippen LogP contribution in [0.2, 0.25) is 0 Å². The number of hydrogen-bond donors (Lipinski definition) is 1. The summed E-state index contributed by atoms with van der Waals surface area (Å²) < 4.78 is 188. The van der Waals surface area contributed by atoms with E-state index in [9.17, 15) is 67.1 Å². The van der Waals surface area contributed by atoms with Crippen molar-refractivity contribution in [3.05, 3.63) is 36.5 Å². The normalized spacial score (nSPS) is 13.4. The van der Waals surface area contributed by atoms with Crippen LogP contribution in [0.25, 0.3) is 0 Å². The highest BCUT2D eigenvalue weighted by atomic mass is 19.4. The second-order valence-electron chi connectivity index (χ2n) is 12.3. The molecule has 0 rings (SSSR count). The molecule has 0 radical (unpaired) electrons. The number of carbonyl (C=O) groups is 3. The summed E-state index contributed by atoms with van der Waals surface area (Å²) >= 11 is 0. The van der Waals surface area contributed by atoms with E-state index in [4.69, 9.17) is 19.3 Å². The number of esters is 3. The number of rotatable bonds is 25. The fraction of sp³-hybridized carbons (Fsp3) is 0.719. The molecule has 0 aromatic carbocycles. The first kappa shape index (κ1) is 47.8. The molecule has 0 aromatic rings. The predicted molar refractivity (Wildman–Crippen MR) is 158 cm³/mol. The van der Waals surface area contributed by atoms with Crippen LogP contribution in [0.1, 0.15) is 78.6 Å². The lowest BCUT2D eigenvalue weighted by Crippen LogP contribution is -2.70. The molecule has 0 saturated heterocycles. The van der Waals surface area contributed by atoms with Crippen LogP contribution < -0.4 is 0 Å². The van der Waals surface area contributed by atoms with E-state index < -0.39 is 123 Å². The summed E-state index contributed by atoms with van der Waals surface area (Å²) in [4.78, 5) is 36.2. The Morgan fingerprint density at radius 2 is 0.882 bits per heavy atom. The summed E-state index contributed by atoms with van der Waals surface area (Å²) in [6.07, 6.45) is -7.21. The van der Waals surface area contributed by atoms with Crippen molar-refractivity contribution in [2.45, 2.75) is 114 Å². The minimum atomic E-state index is -7.76. The van der Waals surface area contributed by atoms with Crippen molar-refractivity contribution in [1.82, 2.24) is 0 Å². The third-order valence-corrected chi connectivity index (χ3v) is 7.60. The Morgan fingerprint density at radius 1 is 0.529 bits per heavy atom. The summed E-state index contributed by atoms with van der Waals surface area (Å²) in [5.41, 5.74) is -3.30. The van der Waals surface area contributed by atoms with Gasteiger partial charge in [0.2, 0.25) is 0 Å². The third kappa shape index (κ3) is 11.6. The first-order valence-corrected chi connectivity index (χ1v) is 15.4. The molecular weight excluding hydrogens is 724 g/mol. The number of carbonyl (C=O) groups excluding carboxylic acids is 3. The molecule has 0 unspecified atom stereocenters. The average molecular weight is 767 g/mol. The van der Waals surface area contributed by atoms with Gasteiger partial charge in [0.15, 0.2) is 0 Å². The molecule has 0 aliphatic rings. The van der Waals surface area contributed by atoms with Gasteiger partial charge in [-0.2, -0.15) is 52.7 Å². The fourth-order valence-corrected chi connectivity index (χ4v) is 4.21. The van der Waals surface area contributed by atoms with Crippen LogP contribution in [0.15, 0.2) is 36.5 Å². The Balaban J connectivity index is 6.52. The van der Waals surface area contributed by atoms with Crippen molar-refractivity contribution < 1.29 is 86.4 Å². The molecule has 296 valence electrons. The van der Waals surface area contributed by atoms with Gasteiger partial charge in [0.1, 0.15) is 19.8 Å². The minimum absolute atomic E-state index is 0.170. The number of alkyl halides is 12. The smallest absolute Gasteiger partial charge is 0.384 e. The first-order valence-electron chi connectivity index (χ1n) is 15.4. The molecule has 0 aliphatic heterocycles. The molecule has 0 spiro atoms. The molecule has 0 bridgehead atoms. The van der Waals surface area contributed by atoms with Crippen molar-refractivity contribution in [3.63, 3.8) is 0 Å². The van der Waals surface area contributed by atoms with Gasteiger partial charge in [-0.1, -0.05) is 52.3 Å². The summed E-state index contributed by atoms with van der Waals surface area (Å²) in [7, 11) is 0. The minimum Gasteiger partial charge on any atom is -0.461 e. The monoisotopic (exact) mass is 766 g/mol. The van der Waals surface area contributed by atoms with Gasteiger partial charge in [0.05, 0.1) is 17.6 Å². The first-order chi connectivity index (χ1) is 23.0. The Hall–Kier alpha value is -3.25. The maximum Gasteiger partial charge on any atom is 0.384 e. The van der Waals surface area contributed by atoms with Gasteiger partial charge in [0.25, 0.3) is 0 Å². The molecule has 0 heterocycles. The second kappa shape index (κ2) is 18.5. The summed E-state index contributed by atoms with van der Waals surface area (Å²) in [6, 6.07) is 0. The molecule has 0 atom stereocenters. The lowest BCUT2D eigenvalue weighted by atomic mass is 9.83. The Bertz CT molecular complexity index is 1220. The summed E-state index contributed by atoms with van der Waals surface area (Å²) in [6.45, 7) is 9.51. The van der Waals surface area contributed by atoms with E-state index >= 15 is 0 Å². The van der Waals surface area contributed by atoms with Crippen LogP contribution in [-0.4, -0.2) is 85.0 Å². The second-order valence-corrected chi connectivity index (χ2v) is 12.3. The lowest BCUT2D eigenvalue weighted by Gasteiger charge is -2.41. The SMILES string of the molecule is C=C(C)C(=O)OCC(CCCC(F)(F)C(F)(F)C(F)(F)C(F)(F)C(F)(F)C(F)(F)CCCCCCC)(COC(=O)C(=C)C)COC(=O)C(=C)CO. The number of hydrogen-bond acceptors (Lipinski definition) is 7. The Kier molecular flexibility index (Phi) is 17.3. The van der Waals surface area contributed by atoms with Crippen molar-refractivity contribution in [3.8, 4) is 0 Å². The van der Waals surface area contributed by atoms with E-state index in [1.807, 2.05) is 0 Å².